The maximum absolute atomic E-state index is 12.8. The number of hydrogen-bond acceptors (Lipinski definition) is 4. The molecule has 0 bridgehead atoms. The molecule has 8 heteroatoms. The second kappa shape index (κ2) is 8.84. The van der Waals surface area contributed by atoms with E-state index in [0.717, 1.165) is 12.8 Å². The molecular weight excluding hydrogens is 360 g/mol. The quantitative estimate of drug-likeness (QED) is 0.248. The molecule has 0 radical (unpaired) electrons. The van der Waals surface area contributed by atoms with Gasteiger partial charge in [-0.15, -0.1) is 0 Å². The summed E-state index contributed by atoms with van der Waals surface area (Å²) in [6, 6.07) is 0.0403. The van der Waals surface area contributed by atoms with Crippen LogP contribution in [0.15, 0.2) is 5.11 Å². The van der Waals surface area contributed by atoms with Crippen LogP contribution in [-0.4, -0.2) is 50.1 Å². The molecule has 156 valence electrons. The lowest BCUT2D eigenvalue weighted by atomic mass is 10.00. The normalized spacial score (nSPS) is 22.3. The van der Waals surface area contributed by atoms with Crippen molar-refractivity contribution in [3.05, 3.63) is 10.4 Å². The van der Waals surface area contributed by atoms with Gasteiger partial charge in [0.2, 0.25) is 0 Å². The average Bonchev–Trinajstić information content (AvgIpc) is 2.84. The Labute approximate surface area is 165 Å². The molecule has 7 nitrogen and oxygen atoms in total. The second-order valence-electron chi connectivity index (χ2n) is 10.3. The van der Waals surface area contributed by atoms with Crippen molar-refractivity contribution in [2.75, 3.05) is 13.1 Å². The van der Waals surface area contributed by atoms with Crippen LogP contribution in [0, 0.1) is 5.92 Å². The number of nitrogens with zero attached hydrogens (tertiary/aromatic N) is 4. The van der Waals surface area contributed by atoms with Gasteiger partial charge >= 0.3 is 6.09 Å². The van der Waals surface area contributed by atoms with Crippen molar-refractivity contribution < 1.29 is 14.0 Å². The Bertz CT molecular complexity index is 562. The summed E-state index contributed by atoms with van der Waals surface area (Å²) in [4.78, 5) is 17.4. The van der Waals surface area contributed by atoms with Gasteiger partial charge < -0.3 is 14.1 Å². The van der Waals surface area contributed by atoms with E-state index in [9.17, 15) is 4.79 Å². The molecule has 1 aliphatic rings. The van der Waals surface area contributed by atoms with Gasteiger partial charge in [0.05, 0.1) is 6.10 Å². The number of ether oxygens (including phenoxy) is 1. The lowest BCUT2D eigenvalue weighted by molar-refractivity contribution is 0.0196. The molecule has 0 aromatic rings. The highest BCUT2D eigenvalue weighted by Gasteiger charge is 2.44. The summed E-state index contributed by atoms with van der Waals surface area (Å²) in [6.45, 7) is 19.8. The lowest BCUT2D eigenvalue weighted by Crippen LogP contribution is -2.45. The summed E-state index contributed by atoms with van der Waals surface area (Å²) in [6.07, 6.45) is 1.31. The largest absolute Gasteiger partial charge is 0.444 e. The molecule has 27 heavy (non-hydrogen) atoms. The van der Waals surface area contributed by atoms with Crippen LogP contribution in [0.3, 0.4) is 0 Å². The Morgan fingerprint density at radius 3 is 2.37 bits per heavy atom. The summed E-state index contributed by atoms with van der Waals surface area (Å²) in [7, 11) is -1.92. The molecule has 1 saturated heterocycles. The Hall–Kier alpha value is -1.24. The fourth-order valence-corrected chi connectivity index (χ4v) is 4.39. The molecular formula is C19H38N4O3Si. The lowest BCUT2D eigenvalue weighted by Gasteiger charge is -2.38. The van der Waals surface area contributed by atoms with E-state index < -0.39 is 13.9 Å². The Morgan fingerprint density at radius 2 is 1.89 bits per heavy atom. The van der Waals surface area contributed by atoms with Crippen LogP contribution in [0.2, 0.25) is 18.1 Å². The number of carbonyl (C=O) groups excluding carboxylic acids is 1. The van der Waals surface area contributed by atoms with E-state index in [2.05, 4.69) is 43.9 Å². The van der Waals surface area contributed by atoms with Crippen molar-refractivity contribution in [1.82, 2.24) is 4.90 Å². The molecule has 1 aliphatic heterocycles. The van der Waals surface area contributed by atoms with Gasteiger partial charge in [-0.05, 0) is 63.2 Å². The van der Waals surface area contributed by atoms with Crippen molar-refractivity contribution in [3.63, 3.8) is 0 Å². The predicted octanol–water partition coefficient (Wildman–Crippen LogP) is 5.72. The number of rotatable bonds is 6. The molecule has 1 amide bonds. The minimum Gasteiger partial charge on any atom is -0.444 e. The van der Waals surface area contributed by atoms with E-state index in [-0.39, 0.29) is 29.2 Å². The Kier molecular flexibility index (Phi) is 7.79. The predicted molar refractivity (Wildman–Crippen MR) is 111 cm³/mol. The zero-order valence-corrected chi connectivity index (χ0v) is 19.6. The number of azide groups is 1. The fraction of sp³-hybridized carbons (Fsp3) is 0.947. The van der Waals surface area contributed by atoms with Gasteiger partial charge in [-0.25, -0.2) is 4.79 Å². The number of amides is 1. The minimum atomic E-state index is -1.92. The summed E-state index contributed by atoms with van der Waals surface area (Å²) >= 11 is 0. The van der Waals surface area contributed by atoms with Crippen LogP contribution in [0.25, 0.3) is 10.4 Å². The summed E-state index contributed by atoms with van der Waals surface area (Å²) < 4.78 is 12.2. The maximum Gasteiger partial charge on any atom is 0.410 e. The standard InChI is InChI=1S/C19H38N4O3Si/c1-14(12-21-22-20)10-15-11-16(26-27(8,9)19(5,6)7)13-23(15)17(24)25-18(2,3)4/h14-16H,10-13H2,1-9H3/t14?,15-,16-/m1/s1. The summed E-state index contributed by atoms with van der Waals surface area (Å²) in [5.74, 6) is 0.197. The smallest absolute Gasteiger partial charge is 0.410 e. The van der Waals surface area contributed by atoms with E-state index >= 15 is 0 Å². The van der Waals surface area contributed by atoms with Crippen LogP contribution in [0.4, 0.5) is 4.79 Å². The van der Waals surface area contributed by atoms with Gasteiger partial charge in [-0.2, -0.15) is 0 Å². The third-order valence-electron chi connectivity index (χ3n) is 5.40. The fourth-order valence-electron chi connectivity index (χ4n) is 3.04. The van der Waals surface area contributed by atoms with Gasteiger partial charge in [-0.3, -0.25) is 0 Å². The van der Waals surface area contributed by atoms with Gasteiger partial charge in [0.1, 0.15) is 5.60 Å². The maximum atomic E-state index is 12.8. The number of likely N-dealkylation sites (tertiary alicyclic amines) is 1. The van der Waals surface area contributed by atoms with Gasteiger partial charge in [-0.1, -0.05) is 32.8 Å². The highest BCUT2D eigenvalue weighted by molar-refractivity contribution is 6.74. The van der Waals surface area contributed by atoms with E-state index in [4.69, 9.17) is 14.7 Å². The molecule has 1 unspecified atom stereocenters. The molecule has 0 aromatic carbocycles. The first-order chi connectivity index (χ1) is 12.2. The zero-order chi connectivity index (χ0) is 21.0. The first kappa shape index (κ1) is 23.8. The summed E-state index contributed by atoms with van der Waals surface area (Å²) in [5, 5.41) is 3.80. The highest BCUT2D eigenvalue weighted by atomic mass is 28.4. The van der Waals surface area contributed by atoms with Crippen LogP contribution in [0.1, 0.15) is 61.3 Å². The number of hydrogen-bond donors (Lipinski definition) is 0. The molecule has 1 heterocycles. The second-order valence-corrected chi connectivity index (χ2v) is 15.0. The third-order valence-corrected chi connectivity index (χ3v) is 9.94. The highest BCUT2D eigenvalue weighted by Crippen LogP contribution is 2.39. The summed E-state index contributed by atoms with van der Waals surface area (Å²) in [5.41, 5.74) is 8.02. The van der Waals surface area contributed by atoms with Crippen LogP contribution >= 0.6 is 0 Å². The van der Waals surface area contributed by atoms with Crippen molar-refractivity contribution in [1.29, 1.82) is 0 Å². The van der Waals surface area contributed by atoms with Crippen molar-refractivity contribution in [3.8, 4) is 0 Å². The van der Waals surface area contributed by atoms with E-state index in [1.54, 1.807) is 0 Å². The van der Waals surface area contributed by atoms with E-state index in [1.807, 2.05) is 32.6 Å². The van der Waals surface area contributed by atoms with E-state index in [1.165, 1.54) is 0 Å². The Morgan fingerprint density at radius 1 is 1.30 bits per heavy atom. The van der Waals surface area contributed by atoms with E-state index in [0.29, 0.717) is 13.1 Å². The number of carbonyl (C=O) groups is 1. The van der Waals surface area contributed by atoms with Crippen molar-refractivity contribution in [2.45, 2.75) is 97.2 Å². The van der Waals surface area contributed by atoms with Crippen LogP contribution in [-0.2, 0) is 9.16 Å². The Balaban J connectivity index is 2.92. The molecule has 3 atom stereocenters. The first-order valence-corrected chi connectivity index (χ1v) is 12.8. The first-order valence-electron chi connectivity index (χ1n) is 9.84. The SMILES string of the molecule is CC(CN=[N+]=[N-])C[C@@H]1C[C@@H](O[Si](C)(C)C(C)(C)C)CN1C(=O)OC(C)(C)C. The van der Waals surface area contributed by atoms with Crippen molar-refractivity contribution >= 4 is 14.4 Å². The molecule has 0 N–H and O–H groups in total. The zero-order valence-electron chi connectivity index (χ0n) is 18.6. The molecule has 0 aromatic heterocycles. The monoisotopic (exact) mass is 398 g/mol. The average molecular weight is 399 g/mol. The van der Waals surface area contributed by atoms with Crippen LogP contribution < -0.4 is 0 Å². The third kappa shape index (κ3) is 7.35. The minimum absolute atomic E-state index is 0.0232. The topological polar surface area (TPSA) is 87.5 Å². The van der Waals surface area contributed by atoms with Gasteiger partial charge in [0.25, 0.3) is 0 Å². The molecule has 0 aliphatic carbocycles. The molecule has 1 fully saturated rings. The van der Waals surface area contributed by atoms with Crippen LogP contribution in [0.5, 0.6) is 0 Å². The van der Waals surface area contributed by atoms with Crippen molar-refractivity contribution in [2.24, 2.45) is 11.0 Å². The molecule has 1 rings (SSSR count). The molecule has 0 saturated carbocycles. The van der Waals surface area contributed by atoms with Gasteiger partial charge in [0.15, 0.2) is 8.32 Å². The molecule has 0 spiro atoms. The van der Waals surface area contributed by atoms with Gasteiger partial charge in [0, 0.05) is 24.0 Å².